The summed E-state index contributed by atoms with van der Waals surface area (Å²) < 4.78 is 0. The first kappa shape index (κ1) is 18.3. The van der Waals surface area contributed by atoms with Gasteiger partial charge in [-0.15, -0.1) is 11.3 Å². The Balaban J connectivity index is 1.69. The number of hydrogen-bond donors (Lipinski definition) is 2. The molecule has 0 radical (unpaired) electrons. The topological polar surface area (TPSA) is 70.6 Å². The number of nitrogens with one attached hydrogen (secondary N) is 2. The third-order valence-corrected chi connectivity index (χ3v) is 5.63. The van der Waals surface area contributed by atoms with Gasteiger partial charge in [0.25, 0.3) is 5.91 Å². The summed E-state index contributed by atoms with van der Waals surface area (Å²) in [5.41, 5.74) is 6.21. The molecule has 1 aromatic carbocycles. The lowest BCUT2D eigenvalue weighted by molar-refractivity contribution is -0.114. The number of rotatable bonds is 4. The third kappa shape index (κ3) is 4.58. The molecule has 3 rings (SSSR count). The van der Waals surface area contributed by atoms with Crippen molar-refractivity contribution in [2.75, 3.05) is 5.32 Å². The number of fused-ring (bicyclic) bond motifs is 1. The van der Waals surface area contributed by atoms with Crippen molar-refractivity contribution in [3.05, 3.63) is 51.2 Å². The van der Waals surface area contributed by atoms with E-state index in [0.717, 1.165) is 23.3 Å². The Morgan fingerprint density at radius 1 is 1.08 bits per heavy atom. The normalized spacial score (nSPS) is 14.3. The number of carbonyl (C=O) groups is 2. The summed E-state index contributed by atoms with van der Waals surface area (Å²) in [7, 11) is 0. The molecular weight excluding hydrogens is 346 g/mol. The Morgan fingerprint density at radius 3 is 2.69 bits per heavy atom. The Bertz CT molecular complexity index is 831. The van der Waals surface area contributed by atoms with Gasteiger partial charge in [0.15, 0.2) is 0 Å². The minimum Gasteiger partial charge on any atom is -0.326 e. The molecule has 2 aromatic rings. The van der Waals surface area contributed by atoms with E-state index in [4.69, 9.17) is 0 Å². The quantitative estimate of drug-likeness (QED) is 0.483. The second-order valence-corrected chi connectivity index (χ2v) is 7.66. The van der Waals surface area contributed by atoms with Gasteiger partial charge in [-0.05, 0) is 61.9 Å². The zero-order chi connectivity index (χ0) is 18.5. The first-order valence-corrected chi connectivity index (χ1v) is 9.69. The highest BCUT2D eigenvalue weighted by Crippen LogP contribution is 2.28. The van der Waals surface area contributed by atoms with Crippen molar-refractivity contribution in [3.8, 4) is 0 Å². The number of hydrazone groups is 1. The molecule has 6 heteroatoms. The van der Waals surface area contributed by atoms with Crippen LogP contribution in [0.3, 0.4) is 0 Å². The number of anilines is 1. The van der Waals surface area contributed by atoms with E-state index in [-0.39, 0.29) is 11.8 Å². The van der Waals surface area contributed by atoms with Gasteiger partial charge in [0.05, 0.1) is 10.6 Å². The molecule has 0 aliphatic heterocycles. The van der Waals surface area contributed by atoms with Gasteiger partial charge in [-0.3, -0.25) is 9.59 Å². The summed E-state index contributed by atoms with van der Waals surface area (Å²) >= 11 is 1.58. The fourth-order valence-electron chi connectivity index (χ4n) is 3.06. The lowest BCUT2D eigenvalue weighted by Crippen LogP contribution is -2.18. The van der Waals surface area contributed by atoms with E-state index in [1.165, 1.54) is 36.6 Å². The van der Waals surface area contributed by atoms with Crippen molar-refractivity contribution < 1.29 is 9.59 Å². The monoisotopic (exact) mass is 369 g/mol. The predicted molar refractivity (Wildman–Crippen MR) is 106 cm³/mol. The van der Waals surface area contributed by atoms with Crippen LogP contribution in [-0.2, 0) is 17.6 Å². The Hall–Kier alpha value is -2.47. The third-order valence-electron chi connectivity index (χ3n) is 4.40. The summed E-state index contributed by atoms with van der Waals surface area (Å²) in [6, 6.07) is 9.40. The van der Waals surface area contributed by atoms with Crippen molar-refractivity contribution in [2.24, 2.45) is 5.10 Å². The highest BCUT2D eigenvalue weighted by Gasteiger charge is 2.16. The molecule has 5 nitrogen and oxygen atoms in total. The van der Waals surface area contributed by atoms with E-state index in [1.54, 1.807) is 11.3 Å². The van der Waals surface area contributed by atoms with Crippen LogP contribution in [0.2, 0.25) is 0 Å². The maximum absolute atomic E-state index is 12.4. The van der Waals surface area contributed by atoms with Gasteiger partial charge < -0.3 is 5.32 Å². The number of aryl methyl sites for hydroxylation is 2. The Kier molecular flexibility index (Phi) is 5.83. The lowest BCUT2D eigenvalue weighted by Gasteiger charge is -2.06. The summed E-state index contributed by atoms with van der Waals surface area (Å²) in [4.78, 5) is 25.7. The van der Waals surface area contributed by atoms with Gasteiger partial charge in [-0.25, -0.2) is 5.43 Å². The van der Waals surface area contributed by atoms with E-state index in [0.29, 0.717) is 11.4 Å². The van der Waals surface area contributed by atoms with Crippen molar-refractivity contribution >= 4 is 34.6 Å². The molecule has 0 saturated carbocycles. The zero-order valence-corrected chi connectivity index (χ0v) is 15.9. The largest absolute Gasteiger partial charge is 0.326 e. The average molecular weight is 369 g/mol. The smallest absolute Gasteiger partial charge is 0.281 e. The number of carbonyl (C=O) groups excluding carboxylic acids is 2. The predicted octanol–water partition coefficient (Wildman–Crippen LogP) is 4.13. The zero-order valence-electron chi connectivity index (χ0n) is 15.1. The van der Waals surface area contributed by atoms with Crippen LogP contribution < -0.4 is 10.7 Å². The van der Waals surface area contributed by atoms with Crippen molar-refractivity contribution in [1.29, 1.82) is 0 Å². The fourth-order valence-corrected chi connectivity index (χ4v) is 4.20. The molecule has 26 heavy (non-hydrogen) atoms. The highest BCUT2D eigenvalue weighted by atomic mass is 32.1. The number of hydrogen-bond acceptors (Lipinski definition) is 4. The molecule has 0 atom stereocenters. The van der Waals surface area contributed by atoms with Crippen LogP contribution in [-0.4, -0.2) is 17.5 Å². The molecular formula is C20H23N3O2S. The van der Waals surface area contributed by atoms with Crippen LogP contribution in [0.4, 0.5) is 5.69 Å². The van der Waals surface area contributed by atoms with Crippen LogP contribution in [0.1, 0.15) is 58.8 Å². The van der Waals surface area contributed by atoms with E-state index in [9.17, 15) is 9.59 Å². The highest BCUT2D eigenvalue weighted by molar-refractivity contribution is 7.14. The van der Waals surface area contributed by atoms with Gasteiger partial charge in [0, 0.05) is 17.5 Å². The SMILES string of the molecule is CC(=O)Nc1cccc(/C(C)=N\NC(=O)c2cc3c(s2)CCCCC3)c1. The molecule has 0 bridgehead atoms. The molecule has 136 valence electrons. The van der Waals surface area contributed by atoms with E-state index in [1.807, 2.05) is 37.3 Å². The summed E-state index contributed by atoms with van der Waals surface area (Å²) in [6.07, 6.45) is 5.82. The van der Waals surface area contributed by atoms with Gasteiger partial charge in [0.1, 0.15) is 0 Å². The second-order valence-electron chi connectivity index (χ2n) is 6.52. The Labute approximate surface area is 157 Å². The summed E-state index contributed by atoms with van der Waals surface area (Å²) in [6.45, 7) is 3.30. The molecule has 0 fully saturated rings. The minimum absolute atomic E-state index is 0.123. The second kappa shape index (κ2) is 8.27. The van der Waals surface area contributed by atoms with Gasteiger partial charge in [0.2, 0.25) is 5.91 Å². The van der Waals surface area contributed by atoms with Crippen molar-refractivity contribution in [1.82, 2.24) is 5.43 Å². The maximum atomic E-state index is 12.4. The van der Waals surface area contributed by atoms with Crippen molar-refractivity contribution in [3.63, 3.8) is 0 Å². The molecule has 0 spiro atoms. The molecule has 1 aliphatic rings. The number of thiophene rings is 1. The van der Waals surface area contributed by atoms with Crippen LogP contribution in [0, 0.1) is 0 Å². The van der Waals surface area contributed by atoms with Gasteiger partial charge >= 0.3 is 0 Å². The number of amides is 2. The fraction of sp³-hybridized carbons (Fsp3) is 0.350. The average Bonchev–Trinajstić information content (AvgIpc) is 2.90. The molecule has 0 unspecified atom stereocenters. The molecule has 0 saturated heterocycles. The lowest BCUT2D eigenvalue weighted by atomic mass is 10.1. The van der Waals surface area contributed by atoms with Crippen LogP contribution in [0.15, 0.2) is 35.4 Å². The molecule has 1 aromatic heterocycles. The van der Waals surface area contributed by atoms with Gasteiger partial charge in [-0.1, -0.05) is 18.6 Å². The molecule has 2 N–H and O–H groups in total. The van der Waals surface area contributed by atoms with Crippen LogP contribution in [0.25, 0.3) is 0 Å². The summed E-state index contributed by atoms with van der Waals surface area (Å²) in [5, 5.41) is 6.97. The van der Waals surface area contributed by atoms with Crippen LogP contribution >= 0.6 is 11.3 Å². The van der Waals surface area contributed by atoms with E-state index < -0.39 is 0 Å². The van der Waals surface area contributed by atoms with Gasteiger partial charge in [-0.2, -0.15) is 5.10 Å². The minimum atomic E-state index is -0.166. The van der Waals surface area contributed by atoms with Crippen molar-refractivity contribution in [2.45, 2.75) is 46.0 Å². The molecule has 2 amide bonds. The first-order chi connectivity index (χ1) is 12.5. The van der Waals surface area contributed by atoms with Crippen LogP contribution in [0.5, 0.6) is 0 Å². The van der Waals surface area contributed by atoms with E-state index >= 15 is 0 Å². The Morgan fingerprint density at radius 2 is 1.88 bits per heavy atom. The number of benzene rings is 1. The summed E-state index contributed by atoms with van der Waals surface area (Å²) in [5.74, 6) is -0.289. The van der Waals surface area contributed by atoms with E-state index in [2.05, 4.69) is 15.8 Å². The maximum Gasteiger partial charge on any atom is 0.281 e. The first-order valence-electron chi connectivity index (χ1n) is 8.87. The molecule has 1 heterocycles. The standard InChI is InChI=1S/C20H23N3O2S/c1-13(15-8-6-9-17(11-15)21-14(2)24)22-23-20(25)19-12-16-7-4-3-5-10-18(16)26-19/h6,8-9,11-12H,3-5,7,10H2,1-2H3,(H,21,24)(H,23,25)/b22-13-. The molecule has 1 aliphatic carbocycles. The number of nitrogens with zero attached hydrogens (tertiary/aromatic N) is 1.